The summed E-state index contributed by atoms with van der Waals surface area (Å²) in [6.45, 7) is 6.56. The number of nitrogens with one attached hydrogen (secondary N) is 1. The molecule has 1 aliphatic heterocycles. The first-order valence-corrected chi connectivity index (χ1v) is 8.73. The van der Waals surface area contributed by atoms with E-state index < -0.39 is 0 Å². The Hall–Kier alpha value is -2.25. The number of fused-ring (bicyclic) bond motifs is 1. The monoisotopic (exact) mass is 344 g/mol. The lowest BCUT2D eigenvalue weighted by molar-refractivity contribution is -0.135. The summed E-state index contributed by atoms with van der Waals surface area (Å²) in [5.74, 6) is 0.783. The maximum atomic E-state index is 12.3. The number of ether oxygens (including phenoxy) is 1. The number of hydrogen-bond acceptors (Lipinski definition) is 5. The number of nitrogens with zero attached hydrogens (tertiary/aromatic N) is 3. The second kappa shape index (κ2) is 8.22. The van der Waals surface area contributed by atoms with Crippen molar-refractivity contribution in [3.63, 3.8) is 0 Å². The van der Waals surface area contributed by atoms with E-state index in [0.29, 0.717) is 62.5 Å². The van der Waals surface area contributed by atoms with Crippen molar-refractivity contribution in [2.75, 3.05) is 39.4 Å². The van der Waals surface area contributed by atoms with Gasteiger partial charge in [-0.25, -0.2) is 4.98 Å². The highest BCUT2D eigenvalue weighted by Crippen LogP contribution is 2.08. The number of hydrogen-bond donors (Lipinski definition) is 1. The lowest BCUT2D eigenvalue weighted by Crippen LogP contribution is -2.42. The molecule has 134 valence electrons. The molecular formula is C18H24N4O3. The predicted molar refractivity (Wildman–Crippen MR) is 95.3 cm³/mol. The van der Waals surface area contributed by atoms with Crippen LogP contribution in [0.4, 0.5) is 0 Å². The van der Waals surface area contributed by atoms with Crippen molar-refractivity contribution in [3.8, 4) is 0 Å². The summed E-state index contributed by atoms with van der Waals surface area (Å²) in [6.07, 6.45) is 0.464. The average molecular weight is 344 g/mol. The minimum Gasteiger partial charge on any atom is -0.378 e. The van der Waals surface area contributed by atoms with E-state index >= 15 is 0 Å². The van der Waals surface area contributed by atoms with Crippen molar-refractivity contribution in [2.24, 2.45) is 0 Å². The van der Waals surface area contributed by atoms with Crippen LogP contribution in [0.3, 0.4) is 0 Å². The molecule has 1 aromatic heterocycles. The largest absolute Gasteiger partial charge is 0.378 e. The first kappa shape index (κ1) is 17.6. The van der Waals surface area contributed by atoms with Gasteiger partial charge in [-0.15, -0.1) is 0 Å². The van der Waals surface area contributed by atoms with Gasteiger partial charge in [-0.2, -0.15) is 0 Å². The van der Waals surface area contributed by atoms with Gasteiger partial charge in [0.05, 0.1) is 30.7 Å². The van der Waals surface area contributed by atoms with Crippen LogP contribution in [0, 0.1) is 0 Å². The Morgan fingerprint density at radius 1 is 1.32 bits per heavy atom. The molecule has 0 atom stereocenters. The fourth-order valence-corrected chi connectivity index (χ4v) is 3.00. The van der Waals surface area contributed by atoms with Gasteiger partial charge in [-0.05, 0) is 18.7 Å². The number of H-pyrrole nitrogens is 1. The molecule has 0 unspecified atom stereocenters. The normalized spacial score (nSPS) is 15.0. The second-order valence-corrected chi connectivity index (χ2v) is 6.14. The molecule has 1 aliphatic rings. The molecule has 2 heterocycles. The Kier molecular flexibility index (Phi) is 5.78. The maximum absolute atomic E-state index is 12.3. The summed E-state index contributed by atoms with van der Waals surface area (Å²) >= 11 is 0. The van der Waals surface area contributed by atoms with Gasteiger partial charge in [0, 0.05) is 26.1 Å². The van der Waals surface area contributed by atoms with Gasteiger partial charge in [-0.3, -0.25) is 14.5 Å². The van der Waals surface area contributed by atoms with E-state index in [-0.39, 0.29) is 11.5 Å². The van der Waals surface area contributed by atoms with Crippen molar-refractivity contribution in [1.82, 2.24) is 19.8 Å². The molecule has 2 aromatic rings. The van der Waals surface area contributed by atoms with Crippen LogP contribution in [0.15, 0.2) is 29.1 Å². The molecule has 25 heavy (non-hydrogen) atoms. The molecule has 0 spiro atoms. The van der Waals surface area contributed by atoms with Crippen LogP contribution in [0.1, 0.15) is 19.2 Å². The Labute approximate surface area is 146 Å². The van der Waals surface area contributed by atoms with Crippen molar-refractivity contribution in [1.29, 1.82) is 0 Å². The van der Waals surface area contributed by atoms with Crippen LogP contribution in [0.25, 0.3) is 10.9 Å². The molecule has 0 saturated carbocycles. The lowest BCUT2D eigenvalue weighted by Gasteiger charge is -2.28. The number of benzene rings is 1. The van der Waals surface area contributed by atoms with E-state index in [1.54, 1.807) is 6.07 Å². The maximum Gasteiger partial charge on any atom is 0.258 e. The van der Waals surface area contributed by atoms with Crippen LogP contribution >= 0.6 is 0 Å². The fourth-order valence-electron chi connectivity index (χ4n) is 3.00. The number of morpholine rings is 1. The van der Waals surface area contributed by atoms with Gasteiger partial charge >= 0.3 is 0 Å². The van der Waals surface area contributed by atoms with Crippen LogP contribution in [-0.2, 0) is 16.1 Å². The standard InChI is InChI=1S/C18H24N4O3/c1-2-21(8-7-17(23)22-9-11-25-12-10-22)13-16-19-15-6-4-3-5-14(15)18(24)20-16/h3-6H,2,7-13H2,1H3,(H,19,20,24). The molecule has 0 radical (unpaired) electrons. The number of carbonyl (C=O) groups is 1. The Morgan fingerprint density at radius 3 is 2.84 bits per heavy atom. The smallest absolute Gasteiger partial charge is 0.258 e. The average Bonchev–Trinajstić information content (AvgIpc) is 2.65. The number of aromatic nitrogens is 2. The van der Waals surface area contributed by atoms with E-state index in [9.17, 15) is 9.59 Å². The van der Waals surface area contributed by atoms with E-state index in [1.807, 2.05) is 30.0 Å². The van der Waals surface area contributed by atoms with E-state index in [1.165, 1.54) is 0 Å². The second-order valence-electron chi connectivity index (χ2n) is 6.14. The van der Waals surface area contributed by atoms with Gasteiger partial charge in [0.1, 0.15) is 5.82 Å². The molecule has 1 aromatic carbocycles. The molecule has 0 aliphatic carbocycles. The SMILES string of the molecule is CCN(CCC(=O)N1CCOCC1)Cc1nc2ccccc2c(=O)[nH]1. The first-order valence-electron chi connectivity index (χ1n) is 8.73. The molecular weight excluding hydrogens is 320 g/mol. The third-order valence-corrected chi connectivity index (χ3v) is 4.49. The number of para-hydroxylation sites is 1. The summed E-state index contributed by atoms with van der Waals surface area (Å²) in [5, 5.41) is 0.594. The van der Waals surface area contributed by atoms with Crippen LogP contribution in [0.5, 0.6) is 0 Å². The predicted octanol–water partition coefficient (Wildman–Crippen LogP) is 0.994. The Morgan fingerprint density at radius 2 is 2.08 bits per heavy atom. The van der Waals surface area contributed by atoms with E-state index in [2.05, 4.69) is 14.9 Å². The molecule has 1 N–H and O–H groups in total. The fraction of sp³-hybridized carbons (Fsp3) is 0.500. The third-order valence-electron chi connectivity index (χ3n) is 4.49. The van der Waals surface area contributed by atoms with Crippen LogP contribution in [-0.4, -0.2) is 65.1 Å². The van der Waals surface area contributed by atoms with Gasteiger partial charge in [0.15, 0.2) is 0 Å². The van der Waals surface area contributed by atoms with Gasteiger partial charge < -0.3 is 14.6 Å². The zero-order valence-corrected chi connectivity index (χ0v) is 14.5. The minimum atomic E-state index is -0.124. The summed E-state index contributed by atoms with van der Waals surface area (Å²) < 4.78 is 5.28. The summed E-state index contributed by atoms with van der Waals surface area (Å²) in [4.78, 5) is 35.8. The minimum absolute atomic E-state index is 0.124. The van der Waals surface area contributed by atoms with Crippen LogP contribution < -0.4 is 5.56 Å². The zero-order chi connectivity index (χ0) is 17.6. The summed E-state index contributed by atoms with van der Waals surface area (Å²) in [5.41, 5.74) is 0.572. The van der Waals surface area contributed by atoms with Gasteiger partial charge in [-0.1, -0.05) is 19.1 Å². The highest BCUT2D eigenvalue weighted by Gasteiger charge is 2.17. The number of aromatic amines is 1. The summed E-state index contributed by atoms with van der Waals surface area (Å²) in [6, 6.07) is 7.31. The van der Waals surface area contributed by atoms with Crippen LogP contribution in [0.2, 0.25) is 0 Å². The molecule has 7 heteroatoms. The zero-order valence-electron chi connectivity index (χ0n) is 14.5. The highest BCUT2D eigenvalue weighted by atomic mass is 16.5. The van der Waals surface area contributed by atoms with Crippen molar-refractivity contribution >= 4 is 16.8 Å². The molecule has 7 nitrogen and oxygen atoms in total. The van der Waals surface area contributed by atoms with Crippen molar-refractivity contribution in [3.05, 3.63) is 40.4 Å². The van der Waals surface area contributed by atoms with Gasteiger partial charge in [0.2, 0.25) is 5.91 Å². The molecule has 1 saturated heterocycles. The molecule has 1 fully saturated rings. The third kappa shape index (κ3) is 4.43. The topological polar surface area (TPSA) is 78.5 Å². The quantitative estimate of drug-likeness (QED) is 0.846. The Balaban J connectivity index is 1.62. The van der Waals surface area contributed by atoms with Crippen molar-refractivity contribution < 1.29 is 9.53 Å². The number of amides is 1. The lowest BCUT2D eigenvalue weighted by atomic mass is 10.2. The summed E-state index contributed by atoms with van der Waals surface area (Å²) in [7, 11) is 0. The highest BCUT2D eigenvalue weighted by molar-refractivity contribution is 5.77. The van der Waals surface area contributed by atoms with E-state index in [4.69, 9.17) is 4.74 Å². The molecule has 0 bridgehead atoms. The molecule has 1 amide bonds. The van der Waals surface area contributed by atoms with Gasteiger partial charge in [0.25, 0.3) is 5.56 Å². The Bertz CT molecular complexity index is 783. The number of carbonyl (C=O) groups excluding carboxylic acids is 1. The number of rotatable bonds is 6. The van der Waals surface area contributed by atoms with Crippen molar-refractivity contribution in [2.45, 2.75) is 19.9 Å². The molecule has 3 rings (SSSR count). The van der Waals surface area contributed by atoms with E-state index in [0.717, 1.165) is 6.54 Å². The first-order chi connectivity index (χ1) is 12.2.